The van der Waals surface area contributed by atoms with E-state index in [0.29, 0.717) is 25.7 Å². The van der Waals surface area contributed by atoms with E-state index < -0.39 is 6.36 Å². The summed E-state index contributed by atoms with van der Waals surface area (Å²) < 4.78 is 46.6. The summed E-state index contributed by atoms with van der Waals surface area (Å²) in [6, 6.07) is 8.20. The van der Waals surface area contributed by atoms with Crippen molar-refractivity contribution in [1.82, 2.24) is 14.9 Å². The van der Waals surface area contributed by atoms with Gasteiger partial charge in [-0.15, -0.1) is 13.2 Å². The fourth-order valence-electron chi connectivity index (χ4n) is 3.75. The lowest BCUT2D eigenvalue weighted by Gasteiger charge is -2.27. The fraction of sp³-hybridized carbons (Fsp3) is 0.500. The normalized spacial score (nSPS) is 20.4. The van der Waals surface area contributed by atoms with Crippen LogP contribution in [0.1, 0.15) is 12.0 Å². The van der Waals surface area contributed by atoms with Crippen molar-refractivity contribution in [3.05, 3.63) is 42.1 Å². The van der Waals surface area contributed by atoms with Crippen LogP contribution < -0.4 is 15.0 Å². The molecule has 3 heterocycles. The van der Waals surface area contributed by atoms with E-state index in [-0.39, 0.29) is 11.8 Å². The van der Waals surface area contributed by atoms with Crippen LogP contribution in [0.5, 0.6) is 5.75 Å². The molecule has 1 unspecified atom stereocenters. The second-order valence-electron chi connectivity index (χ2n) is 7.40. The number of halogens is 3. The van der Waals surface area contributed by atoms with Crippen molar-refractivity contribution >= 4 is 11.8 Å². The van der Waals surface area contributed by atoms with Gasteiger partial charge >= 0.3 is 6.36 Å². The van der Waals surface area contributed by atoms with E-state index in [0.717, 1.165) is 44.0 Å². The number of anilines is 2. The SMILES string of the molecule is FC(F)(F)Oc1cccc(CN2CCC(Nc3ccnc(N4CCOCC4)n3)C2)c1. The van der Waals surface area contributed by atoms with Gasteiger partial charge in [0.2, 0.25) is 5.95 Å². The first-order valence-corrected chi connectivity index (χ1v) is 9.94. The van der Waals surface area contributed by atoms with Gasteiger partial charge in [-0.3, -0.25) is 4.90 Å². The smallest absolute Gasteiger partial charge is 0.406 e. The molecule has 0 radical (unpaired) electrons. The van der Waals surface area contributed by atoms with Gasteiger partial charge in [0.1, 0.15) is 11.6 Å². The van der Waals surface area contributed by atoms with Gasteiger partial charge in [0.15, 0.2) is 0 Å². The van der Waals surface area contributed by atoms with Crippen LogP contribution in [-0.2, 0) is 11.3 Å². The summed E-state index contributed by atoms with van der Waals surface area (Å²) in [5.74, 6) is 1.28. The topological polar surface area (TPSA) is 62.8 Å². The van der Waals surface area contributed by atoms with Crippen molar-refractivity contribution in [2.24, 2.45) is 0 Å². The largest absolute Gasteiger partial charge is 0.573 e. The molecule has 0 spiro atoms. The molecule has 4 rings (SSSR count). The number of morpholine rings is 1. The summed E-state index contributed by atoms with van der Waals surface area (Å²) in [5, 5.41) is 3.45. The van der Waals surface area contributed by atoms with Gasteiger partial charge in [-0.25, -0.2) is 4.98 Å². The van der Waals surface area contributed by atoms with Crippen LogP contribution in [0.15, 0.2) is 36.5 Å². The van der Waals surface area contributed by atoms with Gasteiger partial charge in [-0.1, -0.05) is 12.1 Å². The Hall–Kier alpha value is -2.59. The Morgan fingerprint density at radius 1 is 1.17 bits per heavy atom. The molecule has 0 amide bonds. The maximum Gasteiger partial charge on any atom is 0.573 e. The highest BCUT2D eigenvalue weighted by Crippen LogP contribution is 2.25. The molecular formula is C20H24F3N5O2. The maximum absolute atomic E-state index is 12.4. The molecule has 7 nitrogen and oxygen atoms in total. The van der Waals surface area contributed by atoms with Gasteiger partial charge in [0, 0.05) is 45.0 Å². The van der Waals surface area contributed by atoms with Gasteiger partial charge in [-0.2, -0.15) is 4.98 Å². The number of ether oxygens (including phenoxy) is 2. The van der Waals surface area contributed by atoms with E-state index in [2.05, 4.69) is 29.8 Å². The molecule has 1 aromatic carbocycles. The summed E-state index contributed by atoms with van der Waals surface area (Å²) in [6.07, 6.45) is -2.01. The second-order valence-corrected chi connectivity index (χ2v) is 7.40. The lowest BCUT2D eigenvalue weighted by Crippen LogP contribution is -2.37. The maximum atomic E-state index is 12.4. The van der Waals surface area contributed by atoms with Crippen molar-refractivity contribution < 1.29 is 22.6 Å². The third kappa shape index (κ3) is 5.73. The Morgan fingerprint density at radius 3 is 2.80 bits per heavy atom. The molecule has 2 saturated heterocycles. The lowest BCUT2D eigenvalue weighted by atomic mass is 10.2. The number of benzene rings is 1. The van der Waals surface area contributed by atoms with E-state index in [4.69, 9.17) is 4.74 Å². The summed E-state index contributed by atoms with van der Waals surface area (Å²) in [4.78, 5) is 13.3. The average Bonchev–Trinajstić information content (AvgIpc) is 3.14. The third-order valence-corrected chi connectivity index (χ3v) is 5.10. The molecule has 1 atom stereocenters. The van der Waals surface area contributed by atoms with Crippen LogP contribution in [0, 0.1) is 0 Å². The van der Waals surface area contributed by atoms with Gasteiger partial charge in [-0.05, 0) is 30.2 Å². The Labute approximate surface area is 172 Å². The summed E-state index contributed by atoms with van der Waals surface area (Å²) in [6.45, 7) is 5.10. The molecule has 1 N–H and O–H groups in total. The molecule has 2 aliphatic heterocycles. The molecular weight excluding hydrogens is 399 g/mol. The van der Waals surface area contributed by atoms with Gasteiger partial charge in [0.25, 0.3) is 0 Å². The zero-order chi connectivity index (χ0) is 21.0. The molecule has 2 aliphatic rings. The fourth-order valence-corrected chi connectivity index (χ4v) is 3.75. The number of hydrogen-bond acceptors (Lipinski definition) is 7. The van der Waals surface area contributed by atoms with Crippen molar-refractivity contribution in [2.75, 3.05) is 49.6 Å². The highest BCUT2D eigenvalue weighted by Gasteiger charge is 2.31. The molecule has 2 aromatic rings. The molecule has 0 saturated carbocycles. The zero-order valence-corrected chi connectivity index (χ0v) is 16.4. The minimum Gasteiger partial charge on any atom is -0.406 e. The molecule has 0 bridgehead atoms. The quantitative estimate of drug-likeness (QED) is 0.767. The Balaban J connectivity index is 1.31. The number of aromatic nitrogens is 2. The Morgan fingerprint density at radius 2 is 2.00 bits per heavy atom. The van der Waals surface area contributed by atoms with Gasteiger partial charge < -0.3 is 19.7 Å². The molecule has 10 heteroatoms. The van der Waals surface area contributed by atoms with E-state index in [1.54, 1.807) is 12.3 Å². The zero-order valence-electron chi connectivity index (χ0n) is 16.4. The minimum atomic E-state index is -4.68. The summed E-state index contributed by atoms with van der Waals surface area (Å²) in [5.41, 5.74) is 0.786. The predicted molar refractivity (Wildman–Crippen MR) is 105 cm³/mol. The molecule has 162 valence electrons. The van der Waals surface area contributed by atoms with E-state index in [1.165, 1.54) is 12.1 Å². The highest BCUT2D eigenvalue weighted by atomic mass is 19.4. The number of rotatable bonds is 6. The monoisotopic (exact) mass is 423 g/mol. The van der Waals surface area contributed by atoms with Crippen molar-refractivity contribution in [2.45, 2.75) is 25.4 Å². The number of nitrogens with one attached hydrogen (secondary N) is 1. The van der Waals surface area contributed by atoms with Crippen LogP contribution in [0.4, 0.5) is 24.9 Å². The number of likely N-dealkylation sites (tertiary alicyclic amines) is 1. The van der Waals surface area contributed by atoms with Crippen molar-refractivity contribution in [3.8, 4) is 5.75 Å². The lowest BCUT2D eigenvalue weighted by molar-refractivity contribution is -0.274. The van der Waals surface area contributed by atoms with E-state index in [1.807, 2.05) is 12.1 Å². The first-order chi connectivity index (χ1) is 14.4. The van der Waals surface area contributed by atoms with Gasteiger partial charge in [0.05, 0.1) is 13.2 Å². The van der Waals surface area contributed by atoms with E-state index in [9.17, 15) is 13.2 Å². The molecule has 2 fully saturated rings. The van der Waals surface area contributed by atoms with E-state index >= 15 is 0 Å². The molecule has 0 aliphatic carbocycles. The first kappa shape index (κ1) is 20.7. The summed E-state index contributed by atoms with van der Waals surface area (Å²) in [7, 11) is 0. The minimum absolute atomic E-state index is 0.189. The molecule has 30 heavy (non-hydrogen) atoms. The predicted octanol–water partition coefficient (Wildman–Crippen LogP) is 2.90. The third-order valence-electron chi connectivity index (χ3n) is 5.10. The number of nitrogens with zero attached hydrogens (tertiary/aromatic N) is 4. The Bertz CT molecular complexity index is 845. The number of hydrogen-bond donors (Lipinski definition) is 1. The first-order valence-electron chi connectivity index (χ1n) is 9.94. The number of alkyl halides is 3. The van der Waals surface area contributed by atoms with Crippen LogP contribution in [0.2, 0.25) is 0 Å². The van der Waals surface area contributed by atoms with Crippen LogP contribution >= 0.6 is 0 Å². The summed E-state index contributed by atoms with van der Waals surface area (Å²) >= 11 is 0. The molecule has 1 aromatic heterocycles. The van der Waals surface area contributed by atoms with Crippen molar-refractivity contribution in [1.29, 1.82) is 0 Å². The average molecular weight is 423 g/mol. The van der Waals surface area contributed by atoms with Crippen LogP contribution in [0.3, 0.4) is 0 Å². The highest BCUT2D eigenvalue weighted by molar-refractivity contribution is 5.42. The van der Waals surface area contributed by atoms with Crippen molar-refractivity contribution in [3.63, 3.8) is 0 Å². The Kier molecular flexibility index (Phi) is 6.24. The van der Waals surface area contributed by atoms with Crippen LogP contribution in [-0.4, -0.2) is 66.7 Å². The standard InChI is InChI=1S/C20H24F3N5O2/c21-20(22,23)30-17-3-1-2-15(12-17)13-27-7-5-16(14-27)25-18-4-6-24-19(26-18)28-8-10-29-11-9-28/h1-4,6,12,16H,5,7-11,13-14H2,(H,24,25,26). The second kappa shape index (κ2) is 9.05. The van der Waals surface area contributed by atoms with Crippen LogP contribution in [0.25, 0.3) is 0 Å².